The lowest BCUT2D eigenvalue weighted by atomic mass is 9.69. The molecule has 0 bridgehead atoms. The Bertz CT molecular complexity index is 336. The fourth-order valence-corrected chi connectivity index (χ4v) is 2.96. The molecule has 1 amide bonds. The van der Waals surface area contributed by atoms with Crippen LogP contribution < -0.4 is 5.73 Å². The maximum atomic E-state index is 11.6. The number of carbonyl (C=O) groups is 1. The van der Waals surface area contributed by atoms with E-state index in [0.717, 1.165) is 18.8 Å². The van der Waals surface area contributed by atoms with Gasteiger partial charge in [-0.3, -0.25) is 4.79 Å². The fraction of sp³-hybridized carbons (Fsp3) is 0.846. The molecule has 0 radical (unpaired) electrons. The van der Waals surface area contributed by atoms with Crippen LogP contribution in [0.25, 0.3) is 0 Å². The summed E-state index contributed by atoms with van der Waals surface area (Å²) in [7, 11) is 0. The highest BCUT2D eigenvalue weighted by molar-refractivity contribution is 5.97. The smallest absolute Gasteiger partial charge is 0.291 e. The van der Waals surface area contributed by atoms with Crippen LogP contribution in [0.4, 0.5) is 0 Å². The summed E-state index contributed by atoms with van der Waals surface area (Å²) < 4.78 is 5.31. The molecule has 2 rings (SSSR count). The molecule has 1 saturated carbocycles. The second kappa shape index (κ2) is 4.31. The van der Waals surface area contributed by atoms with Crippen molar-refractivity contribution in [3.63, 3.8) is 0 Å². The minimum absolute atomic E-state index is 0.0398. The highest BCUT2D eigenvalue weighted by Gasteiger charge is 2.39. The summed E-state index contributed by atoms with van der Waals surface area (Å²) >= 11 is 0. The molecular formula is C13H22N2O2. The highest BCUT2D eigenvalue weighted by atomic mass is 16.5. The predicted molar refractivity (Wildman–Crippen MR) is 66.4 cm³/mol. The molecule has 0 spiro atoms. The van der Waals surface area contributed by atoms with Gasteiger partial charge in [0, 0.05) is 5.92 Å². The number of ether oxygens (including phenoxy) is 1. The molecular weight excluding hydrogens is 216 g/mol. The average Bonchev–Trinajstić information content (AvgIpc) is 2.57. The van der Waals surface area contributed by atoms with E-state index in [4.69, 9.17) is 10.5 Å². The first-order valence-electron chi connectivity index (χ1n) is 6.42. The van der Waals surface area contributed by atoms with Gasteiger partial charge in [0.15, 0.2) is 6.10 Å². The second-order valence-corrected chi connectivity index (χ2v) is 6.30. The fourth-order valence-electron chi connectivity index (χ4n) is 2.96. The van der Waals surface area contributed by atoms with Gasteiger partial charge in [-0.15, -0.1) is 0 Å². The summed E-state index contributed by atoms with van der Waals surface area (Å²) in [5.74, 6) is 0.848. The molecule has 1 heterocycles. The zero-order valence-corrected chi connectivity index (χ0v) is 10.9. The largest absolute Gasteiger partial charge is 0.451 e. The molecule has 1 aliphatic carbocycles. The first kappa shape index (κ1) is 12.4. The third-order valence-corrected chi connectivity index (χ3v) is 4.14. The van der Waals surface area contributed by atoms with Crippen LogP contribution in [0, 0.1) is 17.3 Å². The normalized spacial score (nSPS) is 34.4. The maximum absolute atomic E-state index is 11.6. The van der Waals surface area contributed by atoms with Gasteiger partial charge in [-0.05, 0) is 37.0 Å². The Morgan fingerprint density at radius 3 is 2.24 bits per heavy atom. The highest BCUT2D eigenvalue weighted by Crippen LogP contribution is 2.41. The van der Waals surface area contributed by atoms with Gasteiger partial charge in [-0.1, -0.05) is 20.8 Å². The van der Waals surface area contributed by atoms with Crippen molar-refractivity contribution in [3.05, 3.63) is 0 Å². The van der Waals surface area contributed by atoms with Crippen molar-refractivity contribution in [2.45, 2.75) is 52.6 Å². The van der Waals surface area contributed by atoms with E-state index in [1.165, 1.54) is 12.8 Å². The van der Waals surface area contributed by atoms with Gasteiger partial charge in [0.1, 0.15) is 0 Å². The number of amidine groups is 1. The van der Waals surface area contributed by atoms with Gasteiger partial charge in [0.25, 0.3) is 11.9 Å². The van der Waals surface area contributed by atoms with E-state index in [9.17, 15) is 4.79 Å². The third kappa shape index (κ3) is 2.61. The maximum Gasteiger partial charge on any atom is 0.291 e. The lowest BCUT2D eigenvalue weighted by Crippen LogP contribution is -2.34. The molecule has 17 heavy (non-hydrogen) atoms. The van der Waals surface area contributed by atoms with E-state index >= 15 is 0 Å². The molecule has 2 aliphatic rings. The van der Waals surface area contributed by atoms with Gasteiger partial charge >= 0.3 is 0 Å². The van der Waals surface area contributed by atoms with Crippen LogP contribution >= 0.6 is 0 Å². The predicted octanol–water partition coefficient (Wildman–Crippen LogP) is 2.08. The van der Waals surface area contributed by atoms with Gasteiger partial charge in [-0.25, -0.2) is 0 Å². The molecule has 0 saturated heterocycles. The summed E-state index contributed by atoms with van der Waals surface area (Å²) in [4.78, 5) is 15.2. The number of carbonyl (C=O) groups excluding carboxylic acids is 1. The second-order valence-electron chi connectivity index (χ2n) is 6.30. The number of hydrogen-bond acceptors (Lipinski definition) is 3. The van der Waals surface area contributed by atoms with Crippen LogP contribution in [-0.4, -0.2) is 18.0 Å². The molecule has 1 atom stereocenters. The van der Waals surface area contributed by atoms with Crippen LogP contribution in [0.5, 0.6) is 0 Å². The summed E-state index contributed by atoms with van der Waals surface area (Å²) in [6, 6.07) is 0.0398. The monoisotopic (exact) mass is 238 g/mol. The van der Waals surface area contributed by atoms with Gasteiger partial charge in [-0.2, -0.15) is 4.99 Å². The van der Waals surface area contributed by atoms with Crippen molar-refractivity contribution in [1.29, 1.82) is 0 Å². The van der Waals surface area contributed by atoms with Crippen molar-refractivity contribution in [2.24, 2.45) is 28.0 Å². The summed E-state index contributed by atoms with van der Waals surface area (Å²) in [6.45, 7) is 6.86. The van der Waals surface area contributed by atoms with Crippen LogP contribution in [-0.2, 0) is 9.53 Å². The number of nitrogens with zero attached hydrogens (tertiary/aromatic N) is 1. The topological polar surface area (TPSA) is 64.7 Å². The number of amides is 1. The van der Waals surface area contributed by atoms with E-state index in [-0.39, 0.29) is 11.9 Å². The lowest BCUT2D eigenvalue weighted by molar-refractivity contribution is -0.125. The summed E-state index contributed by atoms with van der Waals surface area (Å²) in [5.41, 5.74) is 5.79. The first-order chi connectivity index (χ1) is 7.88. The summed E-state index contributed by atoms with van der Waals surface area (Å²) in [5, 5.41) is 0. The van der Waals surface area contributed by atoms with E-state index in [0.29, 0.717) is 11.3 Å². The van der Waals surface area contributed by atoms with Crippen molar-refractivity contribution in [1.82, 2.24) is 0 Å². The number of nitrogens with two attached hydrogens (primary N) is 1. The Morgan fingerprint density at radius 2 is 1.82 bits per heavy atom. The first-order valence-corrected chi connectivity index (χ1v) is 6.42. The minimum Gasteiger partial charge on any atom is -0.451 e. The Hall–Kier alpha value is -1.06. The third-order valence-electron chi connectivity index (χ3n) is 4.14. The Balaban J connectivity index is 1.90. The molecule has 0 aromatic heterocycles. The van der Waals surface area contributed by atoms with Crippen molar-refractivity contribution >= 4 is 11.9 Å². The van der Waals surface area contributed by atoms with Gasteiger partial charge in [0.2, 0.25) is 0 Å². The van der Waals surface area contributed by atoms with Crippen molar-refractivity contribution in [3.8, 4) is 0 Å². The molecule has 4 heteroatoms. The Labute approximate surface area is 103 Å². The molecule has 96 valence electrons. The molecule has 0 aromatic carbocycles. The van der Waals surface area contributed by atoms with Gasteiger partial charge < -0.3 is 10.5 Å². The minimum atomic E-state index is -0.407. The van der Waals surface area contributed by atoms with Crippen LogP contribution in [0.3, 0.4) is 0 Å². The van der Waals surface area contributed by atoms with Crippen molar-refractivity contribution < 1.29 is 9.53 Å². The Morgan fingerprint density at radius 1 is 1.24 bits per heavy atom. The SMILES string of the molecule is CC(C)(C)C1CCC(C2OC(N)=NC2=O)CC1. The average molecular weight is 238 g/mol. The van der Waals surface area contributed by atoms with E-state index in [1.807, 2.05) is 0 Å². The zero-order valence-electron chi connectivity index (χ0n) is 10.9. The van der Waals surface area contributed by atoms with Crippen molar-refractivity contribution in [2.75, 3.05) is 0 Å². The van der Waals surface area contributed by atoms with E-state index < -0.39 is 6.10 Å². The molecule has 1 aliphatic heterocycles. The Kier molecular flexibility index (Phi) is 3.15. The van der Waals surface area contributed by atoms with E-state index in [1.54, 1.807) is 0 Å². The van der Waals surface area contributed by atoms with Crippen LogP contribution in [0.2, 0.25) is 0 Å². The lowest BCUT2D eigenvalue weighted by Gasteiger charge is -2.37. The molecule has 4 nitrogen and oxygen atoms in total. The molecule has 1 fully saturated rings. The van der Waals surface area contributed by atoms with E-state index in [2.05, 4.69) is 25.8 Å². The zero-order chi connectivity index (χ0) is 12.6. The number of rotatable bonds is 1. The molecule has 1 unspecified atom stereocenters. The molecule has 0 aromatic rings. The number of aliphatic imine (C=N–C) groups is 1. The molecule has 2 N–H and O–H groups in total. The summed E-state index contributed by atoms with van der Waals surface area (Å²) in [6.07, 6.45) is 4.01. The standard InChI is InChI=1S/C13H22N2O2/c1-13(2,3)9-6-4-8(5-7-9)10-11(16)15-12(14)17-10/h8-10H,4-7H2,1-3H3,(H2,14,15,16). The number of hydrogen-bond donors (Lipinski definition) is 1. The van der Waals surface area contributed by atoms with Gasteiger partial charge in [0.05, 0.1) is 0 Å². The van der Waals surface area contributed by atoms with Crippen LogP contribution in [0.1, 0.15) is 46.5 Å². The quantitative estimate of drug-likeness (QED) is 0.760. The van der Waals surface area contributed by atoms with Crippen LogP contribution in [0.15, 0.2) is 4.99 Å².